The third-order valence-corrected chi connectivity index (χ3v) is 4.64. The van der Waals surface area contributed by atoms with Crippen molar-refractivity contribution in [2.45, 2.75) is 13.1 Å². The standard InChI is InChI=1S/C19H14Cl3N3O/c20-16-5-4-13(9-17(16)21)11-25(12-15-3-1-2-7-23-15)19(26)14-6-8-24-18(22)10-14/h1-10H,11-12H2. The summed E-state index contributed by atoms with van der Waals surface area (Å²) in [5.74, 6) is -0.175. The molecule has 0 spiro atoms. The van der Waals surface area contributed by atoms with Gasteiger partial charge in [0, 0.05) is 24.5 Å². The van der Waals surface area contributed by atoms with Crippen LogP contribution in [-0.4, -0.2) is 20.8 Å². The van der Waals surface area contributed by atoms with Crippen molar-refractivity contribution in [3.63, 3.8) is 0 Å². The van der Waals surface area contributed by atoms with E-state index in [0.29, 0.717) is 28.7 Å². The van der Waals surface area contributed by atoms with Crippen LogP contribution in [0.5, 0.6) is 0 Å². The van der Waals surface area contributed by atoms with E-state index in [4.69, 9.17) is 34.8 Å². The smallest absolute Gasteiger partial charge is 0.254 e. The number of carbonyl (C=O) groups is 1. The van der Waals surface area contributed by atoms with Gasteiger partial charge in [0.2, 0.25) is 0 Å². The molecule has 3 rings (SSSR count). The number of pyridine rings is 2. The maximum absolute atomic E-state index is 13.0. The molecule has 7 heteroatoms. The molecular formula is C19H14Cl3N3O. The molecule has 0 atom stereocenters. The molecule has 0 N–H and O–H groups in total. The summed E-state index contributed by atoms with van der Waals surface area (Å²) in [6.07, 6.45) is 3.20. The number of carbonyl (C=O) groups excluding carboxylic acids is 1. The molecule has 0 unspecified atom stereocenters. The van der Waals surface area contributed by atoms with E-state index in [2.05, 4.69) is 9.97 Å². The van der Waals surface area contributed by atoms with Crippen LogP contribution in [0, 0.1) is 0 Å². The van der Waals surface area contributed by atoms with Crippen LogP contribution in [0.3, 0.4) is 0 Å². The predicted molar refractivity (Wildman–Crippen MR) is 104 cm³/mol. The maximum Gasteiger partial charge on any atom is 0.254 e. The van der Waals surface area contributed by atoms with Gasteiger partial charge in [-0.1, -0.05) is 46.9 Å². The maximum atomic E-state index is 13.0. The highest BCUT2D eigenvalue weighted by atomic mass is 35.5. The van der Waals surface area contributed by atoms with Gasteiger partial charge in [-0.25, -0.2) is 4.98 Å². The van der Waals surface area contributed by atoms with E-state index in [-0.39, 0.29) is 11.1 Å². The summed E-state index contributed by atoms with van der Waals surface area (Å²) < 4.78 is 0. The first-order valence-electron chi connectivity index (χ1n) is 7.77. The molecule has 2 heterocycles. The van der Waals surface area contributed by atoms with Gasteiger partial charge in [0.05, 0.1) is 22.3 Å². The summed E-state index contributed by atoms with van der Waals surface area (Å²) in [7, 11) is 0. The number of rotatable bonds is 5. The Morgan fingerprint density at radius 3 is 2.42 bits per heavy atom. The molecule has 0 radical (unpaired) electrons. The molecule has 0 saturated carbocycles. The minimum Gasteiger partial charge on any atom is -0.328 e. The monoisotopic (exact) mass is 405 g/mol. The van der Waals surface area contributed by atoms with Gasteiger partial charge in [-0.2, -0.15) is 0 Å². The van der Waals surface area contributed by atoms with Crippen molar-refractivity contribution in [2.75, 3.05) is 0 Å². The van der Waals surface area contributed by atoms with Crippen molar-refractivity contribution >= 4 is 40.7 Å². The summed E-state index contributed by atoms with van der Waals surface area (Å²) in [5, 5.41) is 1.18. The third-order valence-electron chi connectivity index (χ3n) is 3.70. The van der Waals surface area contributed by atoms with Crippen LogP contribution in [0.2, 0.25) is 15.2 Å². The van der Waals surface area contributed by atoms with Crippen molar-refractivity contribution in [3.05, 3.63) is 92.9 Å². The molecule has 26 heavy (non-hydrogen) atoms. The van der Waals surface area contributed by atoms with Gasteiger partial charge >= 0.3 is 0 Å². The first-order valence-corrected chi connectivity index (χ1v) is 8.91. The molecule has 0 saturated heterocycles. The SMILES string of the molecule is O=C(c1ccnc(Cl)c1)N(Cc1ccc(Cl)c(Cl)c1)Cc1ccccn1. The molecule has 0 bridgehead atoms. The molecule has 1 amide bonds. The number of amides is 1. The van der Waals surface area contributed by atoms with E-state index in [0.717, 1.165) is 11.3 Å². The summed E-state index contributed by atoms with van der Waals surface area (Å²) in [6.45, 7) is 0.700. The van der Waals surface area contributed by atoms with Crippen LogP contribution in [0.1, 0.15) is 21.6 Å². The molecule has 0 aliphatic rings. The Morgan fingerprint density at radius 1 is 0.885 bits per heavy atom. The first kappa shape index (κ1) is 18.6. The Labute approximate surface area is 166 Å². The number of nitrogens with zero attached hydrogens (tertiary/aromatic N) is 3. The van der Waals surface area contributed by atoms with Crippen LogP contribution in [-0.2, 0) is 13.1 Å². The van der Waals surface area contributed by atoms with Gasteiger partial charge in [0.1, 0.15) is 5.15 Å². The first-order chi connectivity index (χ1) is 12.5. The summed E-state index contributed by atoms with van der Waals surface area (Å²) >= 11 is 18.0. The zero-order valence-corrected chi connectivity index (χ0v) is 15.8. The van der Waals surface area contributed by atoms with Crippen LogP contribution in [0.25, 0.3) is 0 Å². The van der Waals surface area contributed by atoms with Gasteiger partial charge in [0.15, 0.2) is 0 Å². The normalized spacial score (nSPS) is 10.6. The molecule has 2 aromatic heterocycles. The lowest BCUT2D eigenvalue weighted by Gasteiger charge is -2.23. The minimum atomic E-state index is -0.175. The van der Waals surface area contributed by atoms with Crippen LogP contribution >= 0.6 is 34.8 Å². The quantitative estimate of drug-likeness (QED) is 0.542. The fourth-order valence-corrected chi connectivity index (χ4v) is 2.96. The van der Waals surface area contributed by atoms with Gasteiger partial charge < -0.3 is 4.90 Å². The molecule has 0 aliphatic heterocycles. The van der Waals surface area contributed by atoms with Crippen LogP contribution in [0.4, 0.5) is 0 Å². The topological polar surface area (TPSA) is 46.1 Å². The summed E-state index contributed by atoms with van der Waals surface area (Å²) in [5.41, 5.74) is 2.10. The largest absolute Gasteiger partial charge is 0.328 e. The van der Waals surface area contributed by atoms with Crippen LogP contribution in [0.15, 0.2) is 60.9 Å². The minimum absolute atomic E-state index is 0.175. The van der Waals surface area contributed by atoms with Gasteiger partial charge in [0.25, 0.3) is 5.91 Å². The summed E-state index contributed by atoms with van der Waals surface area (Å²) in [4.78, 5) is 22.9. The van der Waals surface area contributed by atoms with Gasteiger partial charge in [-0.3, -0.25) is 9.78 Å². The molecular weight excluding hydrogens is 393 g/mol. The third kappa shape index (κ3) is 4.73. The molecule has 0 fully saturated rings. The Morgan fingerprint density at radius 2 is 1.73 bits per heavy atom. The highest BCUT2D eigenvalue weighted by Gasteiger charge is 2.18. The molecule has 1 aromatic carbocycles. The lowest BCUT2D eigenvalue weighted by atomic mass is 10.1. The zero-order chi connectivity index (χ0) is 18.5. The second-order valence-corrected chi connectivity index (χ2v) is 6.80. The van der Waals surface area contributed by atoms with E-state index >= 15 is 0 Å². The van der Waals surface area contributed by atoms with Gasteiger partial charge in [-0.05, 0) is 42.0 Å². The Hall–Kier alpha value is -2.14. The van der Waals surface area contributed by atoms with Crippen molar-refractivity contribution < 1.29 is 4.79 Å². The predicted octanol–water partition coefficient (Wildman–Crippen LogP) is 5.28. The van der Waals surface area contributed by atoms with Crippen molar-refractivity contribution in [1.29, 1.82) is 0 Å². The highest BCUT2D eigenvalue weighted by molar-refractivity contribution is 6.42. The average molecular weight is 407 g/mol. The summed E-state index contributed by atoms with van der Waals surface area (Å²) in [6, 6.07) is 14.1. The fourth-order valence-electron chi connectivity index (χ4n) is 2.46. The zero-order valence-electron chi connectivity index (χ0n) is 13.6. The van der Waals surface area contributed by atoms with Crippen LogP contribution < -0.4 is 0 Å². The second kappa shape index (κ2) is 8.49. The van der Waals surface area contributed by atoms with Gasteiger partial charge in [-0.15, -0.1) is 0 Å². The Kier molecular flexibility index (Phi) is 6.09. The molecule has 0 aliphatic carbocycles. The van der Waals surface area contributed by atoms with Crippen molar-refractivity contribution in [1.82, 2.24) is 14.9 Å². The fraction of sp³-hybridized carbons (Fsp3) is 0.105. The number of halogens is 3. The number of hydrogen-bond acceptors (Lipinski definition) is 3. The van der Waals surface area contributed by atoms with E-state index in [1.54, 1.807) is 35.4 Å². The van der Waals surface area contributed by atoms with E-state index in [9.17, 15) is 4.79 Å². The lowest BCUT2D eigenvalue weighted by molar-refractivity contribution is 0.0727. The Balaban J connectivity index is 1.90. The lowest BCUT2D eigenvalue weighted by Crippen LogP contribution is -2.30. The second-order valence-electron chi connectivity index (χ2n) is 5.60. The van der Waals surface area contributed by atoms with E-state index < -0.39 is 0 Å². The van der Waals surface area contributed by atoms with E-state index in [1.807, 2.05) is 24.3 Å². The number of hydrogen-bond donors (Lipinski definition) is 0. The van der Waals surface area contributed by atoms with Crippen molar-refractivity contribution in [2.24, 2.45) is 0 Å². The number of benzene rings is 1. The molecule has 132 valence electrons. The van der Waals surface area contributed by atoms with E-state index in [1.165, 1.54) is 6.20 Å². The number of aromatic nitrogens is 2. The molecule has 3 aromatic rings. The average Bonchev–Trinajstić information content (AvgIpc) is 2.64. The Bertz CT molecular complexity index is 919. The molecule has 4 nitrogen and oxygen atoms in total. The van der Waals surface area contributed by atoms with Crippen molar-refractivity contribution in [3.8, 4) is 0 Å². The highest BCUT2D eigenvalue weighted by Crippen LogP contribution is 2.24.